The van der Waals surface area contributed by atoms with Crippen molar-refractivity contribution in [1.82, 2.24) is 10.3 Å². The predicted molar refractivity (Wildman–Crippen MR) is 77.5 cm³/mol. The average molecular weight is 281 g/mol. The largest absolute Gasteiger partial charge is 0.350 e. The highest BCUT2D eigenvalue weighted by Crippen LogP contribution is 2.21. The van der Waals surface area contributed by atoms with Gasteiger partial charge in [-0.05, 0) is 18.4 Å². The average Bonchev–Trinajstić information content (AvgIpc) is 2.39. The topological polar surface area (TPSA) is 42.0 Å². The summed E-state index contributed by atoms with van der Waals surface area (Å²) in [6.45, 7) is 0.641. The number of para-hydroxylation sites is 1. The molecule has 0 saturated carbocycles. The van der Waals surface area contributed by atoms with E-state index in [9.17, 15) is 4.79 Å². The number of nitrogens with zero attached hydrogens (tertiary/aromatic N) is 1. The van der Waals surface area contributed by atoms with E-state index in [1.807, 2.05) is 24.5 Å². The molecule has 2 rings (SSSR count). The molecule has 0 radical (unpaired) electrons. The van der Waals surface area contributed by atoms with E-state index < -0.39 is 0 Å². The van der Waals surface area contributed by atoms with Gasteiger partial charge in [0.15, 0.2) is 0 Å². The van der Waals surface area contributed by atoms with Gasteiger partial charge in [0.2, 0.25) is 0 Å². The summed E-state index contributed by atoms with van der Waals surface area (Å²) in [5.41, 5.74) is 1.06. The molecule has 0 aliphatic heterocycles. The molecule has 1 heterocycles. The SMILES string of the molecule is CSCCNC(=O)c1ccc2cccc(Cl)c2n1. The van der Waals surface area contributed by atoms with Crippen LogP contribution in [0.15, 0.2) is 30.3 Å². The predicted octanol–water partition coefficient (Wildman–Crippen LogP) is 2.98. The van der Waals surface area contributed by atoms with E-state index in [4.69, 9.17) is 11.6 Å². The van der Waals surface area contributed by atoms with Crippen LogP contribution >= 0.6 is 23.4 Å². The molecule has 1 N–H and O–H groups in total. The van der Waals surface area contributed by atoms with Crippen molar-refractivity contribution in [2.45, 2.75) is 0 Å². The van der Waals surface area contributed by atoms with Crippen LogP contribution in [0.5, 0.6) is 0 Å². The molecule has 5 heteroatoms. The summed E-state index contributed by atoms with van der Waals surface area (Å²) in [4.78, 5) is 16.2. The lowest BCUT2D eigenvalue weighted by Gasteiger charge is -2.05. The molecule has 1 aromatic carbocycles. The number of halogens is 1. The molecular weight excluding hydrogens is 268 g/mol. The number of pyridine rings is 1. The molecule has 0 atom stereocenters. The number of benzene rings is 1. The van der Waals surface area contributed by atoms with Crippen molar-refractivity contribution in [2.24, 2.45) is 0 Å². The highest BCUT2D eigenvalue weighted by atomic mass is 35.5. The lowest BCUT2D eigenvalue weighted by atomic mass is 10.2. The summed E-state index contributed by atoms with van der Waals surface area (Å²) in [5.74, 6) is 0.728. The Balaban J connectivity index is 2.24. The molecule has 18 heavy (non-hydrogen) atoms. The van der Waals surface area contributed by atoms with Gasteiger partial charge in [0.1, 0.15) is 5.69 Å². The number of carbonyl (C=O) groups excluding carboxylic acids is 1. The number of aromatic nitrogens is 1. The zero-order chi connectivity index (χ0) is 13.0. The van der Waals surface area contributed by atoms with E-state index in [1.165, 1.54) is 0 Å². The highest BCUT2D eigenvalue weighted by molar-refractivity contribution is 7.98. The second kappa shape index (κ2) is 6.07. The van der Waals surface area contributed by atoms with Crippen LogP contribution in [0.3, 0.4) is 0 Å². The van der Waals surface area contributed by atoms with Gasteiger partial charge in [0, 0.05) is 17.7 Å². The Kier molecular flexibility index (Phi) is 4.44. The molecule has 0 aliphatic rings. The molecule has 1 aromatic heterocycles. The fourth-order valence-corrected chi connectivity index (χ4v) is 2.12. The summed E-state index contributed by atoms with van der Waals surface area (Å²) in [5, 5.41) is 4.31. The minimum absolute atomic E-state index is 0.161. The summed E-state index contributed by atoms with van der Waals surface area (Å²) in [6, 6.07) is 9.13. The van der Waals surface area contributed by atoms with Gasteiger partial charge in [-0.1, -0.05) is 29.8 Å². The van der Waals surface area contributed by atoms with E-state index in [-0.39, 0.29) is 5.91 Å². The first-order valence-electron chi connectivity index (χ1n) is 5.55. The first kappa shape index (κ1) is 13.2. The molecular formula is C13H13ClN2OS. The summed E-state index contributed by atoms with van der Waals surface area (Å²) in [7, 11) is 0. The van der Waals surface area contributed by atoms with Gasteiger partial charge in [0.25, 0.3) is 5.91 Å². The fraction of sp³-hybridized carbons (Fsp3) is 0.231. The van der Waals surface area contributed by atoms with Gasteiger partial charge in [0.05, 0.1) is 10.5 Å². The van der Waals surface area contributed by atoms with Crippen LogP contribution in [0.2, 0.25) is 5.02 Å². The normalized spacial score (nSPS) is 10.6. The van der Waals surface area contributed by atoms with Crippen LogP contribution in [0.1, 0.15) is 10.5 Å². The molecule has 0 saturated heterocycles. The summed E-state index contributed by atoms with van der Waals surface area (Å²) >= 11 is 7.75. The van der Waals surface area contributed by atoms with Crippen LogP contribution in [0.25, 0.3) is 10.9 Å². The van der Waals surface area contributed by atoms with E-state index in [2.05, 4.69) is 10.3 Å². The number of fused-ring (bicyclic) bond motifs is 1. The van der Waals surface area contributed by atoms with Crippen LogP contribution in [-0.2, 0) is 0 Å². The maximum absolute atomic E-state index is 11.8. The van der Waals surface area contributed by atoms with Crippen LogP contribution in [-0.4, -0.2) is 29.4 Å². The molecule has 0 spiro atoms. The Hall–Kier alpha value is -1.26. The number of thioether (sulfide) groups is 1. The smallest absolute Gasteiger partial charge is 0.269 e. The number of hydrogen-bond donors (Lipinski definition) is 1. The van der Waals surface area contributed by atoms with E-state index >= 15 is 0 Å². The van der Waals surface area contributed by atoms with E-state index in [0.717, 1.165) is 11.1 Å². The van der Waals surface area contributed by atoms with Gasteiger partial charge in [-0.25, -0.2) is 4.98 Å². The van der Waals surface area contributed by atoms with Crippen molar-refractivity contribution in [1.29, 1.82) is 0 Å². The highest BCUT2D eigenvalue weighted by Gasteiger charge is 2.08. The third-order valence-electron chi connectivity index (χ3n) is 2.50. The monoisotopic (exact) mass is 280 g/mol. The lowest BCUT2D eigenvalue weighted by molar-refractivity contribution is 0.0951. The van der Waals surface area contributed by atoms with Crippen molar-refractivity contribution in [3.05, 3.63) is 41.0 Å². The van der Waals surface area contributed by atoms with Crippen LogP contribution < -0.4 is 5.32 Å². The third-order valence-corrected chi connectivity index (χ3v) is 3.41. The molecule has 3 nitrogen and oxygen atoms in total. The Labute approximate surface area is 115 Å². The van der Waals surface area contributed by atoms with Crippen molar-refractivity contribution in [3.8, 4) is 0 Å². The Morgan fingerprint density at radius 2 is 2.22 bits per heavy atom. The van der Waals surface area contributed by atoms with Gasteiger partial charge in [-0.3, -0.25) is 4.79 Å². The number of nitrogens with one attached hydrogen (secondary N) is 1. The number of hydrogen-bond acceptors (Lipinski definition) is 3. The Morgan fingerprint density at radius 3 is 3.00 bits per heavy atom. The lowest BCUT2D eigenvalue weighted by Crippen LogP contribution is -2.26. The minimum atomic E-state index is -0.161. The van der Waals surface area contributed by atoms with Gasteiger partial charge < -0.3 is 5.32 Å². The molecule has 0 aliphatic carbocycles. The molecule has 94 valence electrons. The maximum Gasteiger partial charge on any atom is 0.269 e. The maximum atomic E-state index is 11.8. The summed E-state index contributed by atoms with van der Waals surface area (Å²) in [6.07, 6.45) is 2.00. The quantitative estimate of drug-likeness (QED) is 0.876. The number of rotatable bonds is 4. The third kappa shape index (κ3) is 2.94. The second-order valence-electron chi connectivity index (χ2n) is 3.76. The molecule has 0 bridgehead atoms. The molecule has 1 amide bonds. The molecule has 0 unspecified atom stereocenters. The minimum Gasteiger partial charge on any atom is -0.350 e. The first-order valence-corrected chi connectivity index (χ1v) is 7.32. The second-order valence-corrected chi connectivity index (χ2v) is 5.15. The van der Waals surface area contributed by atoms with Crippen LogP contribution in [0.4, 0.5) is 0 Å². The van der Waals surface area contributed by atoms with Crippen molar-refractivity contribution in [3.63, 3.8) is 0 Å². The Morgan fingerprint density at radius 1 is 1.39 bits per heavy atom. The van der Waals surface area contributed by atoms with Crippen molar-refractivity contribution < 1.29 is 4.79 Å². The van der Waals surface area contributed by atoms with Gasteiger partial charge in [-0.15, -0.1) is 0 Å². The molecule has 2 aromatic rings. The fourth-order valence-electron chi connectivity index (χ4n) is 1.59. The van der Waals surface area contributed by atoms with Gasteiger partial charge in [-0.2, -0.15) is 11.8 Å². The standard InChI is InChI=1S/C13H13ClN2OS/c1-18-8-7-15-13(17)11-6-5-9-3-2-4-10(14)12(9)16-11/h2-6H,7-8H2,1H3,(H,15,17). The van der Waals surface area contributed by atoms with Gasteiger partial charge >= 0.3 is 0 Å². The number of carbonyl (C=O) groups is 1. The van der Waals surface area contributed by atoms with Crippen molar-refractivity contribution >= 4 is 40.2 Å². The zero-order valence-corrected chi connectivity index (χ0v) is 11.5. The molecule has 0 fully saturated rings. The van der Waals surface area contributed by atoms with Crippen molar-refractivity contribution in [2.75, 3.05) is 18.6 Å². The first-order chi connectivity index (χ1) is 8.72. The summed E-state index contributed by atoms with van der Waals surface area (Å²) < 4.78 is 0. The van der Waals surface area contributed by atoms with E-state index in [0.29, 0.717) is 22.8 Å². The van der Waals surface area contributed by atoms with Crippen LogP contribution in [0, 0.1) is 0 Å². The Bertz CT molecular complexity index is 574. The zero-order valence-electron chi connectivity index (χ0n) is 9.94. The van der Waals surface area contributed by atoms with E-state index in [1.54, 1.807) is 23.9 Å². The number of amides is 1.